The highest BCUT2D eigenvalue weighted by Crippen LogP contribution is 2.19. The molecule has 1 rings (SSSR count). The van der Waals surface area contributed by atoms with Crippen LogP contribution in [0.25, 0.3) is 0 Å². The Hall–Kier alpha value is -0.153. The Balaban J connectivity index is 3.43. The van der Waals surface area contributed by atoms with Crippen LogP contribution < -0.4 is 5.19 Å². The average Bonchev–Trinajstić information content (AvgIpc) is 1.95. The van der Waals surface area contributed by atoms with E-state index in [0.717, 1.165) is 15.2 Å². The molecule has 0 spiro atoms. The Bertz CT molecular complexity index is 328. The van der Waals surface area contributed by atoms with Crippen molar-refractivity contribution in [2.24, 2.45) is 0 Å². The molecule has 3 heteroatoms. The molecule has 13 heavy (non-hydrogen) atoms. The molecule has 0 aliphatic rings. The largest absolute Gasteiger partial charge is 0.207 e. The van der Waals surface area contributed by atoms with Gasteiger partial charge in [-0.2, -0.15) is 0 Å². The minimum Gasteiger partial charge on any atom is -0.207 e. The molecule has 0 N–H and O–H groups in total. The zero-order valence-electron chi connectivity index (χ0n) is 8.41. The molecular weight excluding hydrogens is 247 g/mol. The highest BCUT2D eigenvalue weighted by molar-refractivity contribution is 9.10. The molecule has 0 aliphatic carbocycles. The first kappa shape index (κ1) is 10.9. The van der Waals surface area contributed by atoms with Crippen LogP contribution in [0.1, 0.15) is 5.56 Å². The van der Waals surface area contributed by atoms with Crippen molar-refractivity contribution in [2.45, 2.75) is 26.6 Å². The second kappa shape index (κ2) is 3.54. The zero-order chi connectivity index (χ0) is 10.2. The minimum absolute atomic E-state index is 0.0726. The molecule has 1 aromatic rings. The first-order valence-electron chi connectivity index (χ1n) is 4.29. The SMILES string of the molecule is Cc1ccc(F)c([Si](C)(C)C)c1Br. The third kappa shape index (κ3) is 2.20. The van der Waals surface area contributed by atoms with Crippen molar-refractivity contribution in [2.75, 3.05) is 0 Å². The lowest BCUT2D eigenvalue weighted by molar-refractivity contribution is 0.634. The fourth-order valence-electron chi connectivity index (χ4n) is 1.34. The van der Waals surface area contributed by atoms with Crippen molar-refractivity contribution >= 4 is 29.2 Å². The van der Waals surface area contributed by atoms with Gasteiger partial charge in [-0.3, -0.25) is 0 Å². The van der Waals surface area contributed by atoms with Crippen molar-refractivity contribution in [3.8, 4) is 0 Å². The van der Waals surface area contributed by atoms with Crippen LogP contribution in [0, 0.1) is 12.7 Å². The molecule has 72 valence electrons. The van der Waals surface area contributed by atoms with E-state index in [9.17, 15) is 4.39 Å². The molecule has 0 saturated carbocycles. The number of rotatable bonds is 1. The Labute approximate surface area is 88.3 Å². The summed E-state index contributed by atoms with van der Waals surface area (Å²) in [4.78, 5) is 0. The van der Waals surface area contributed by atoms with Crippen molar-refractivity contribution in [3.05, 3.63) is 28.0 Å². The second-order valence-corrected chi connectivity index (χ2v) is 10.1. The van der Waals surface area contributed by atoms with E-state index in [0.29, 0.717) is 0 Å². The lowest BCUT2D eigenvalue weighted by atomic mass is 10.2. The molecule has 0 unspecified atom stereocenters. The van der Waals surface area contributed by atoms with Gasteiger partial charge in [-0.1, -0.05) is 41.6 Å². The van der Waals surface area contributed by atoms with Gasteiger partial charge in [0.25, 0.3) is 0 Å². The monoisotopic (exact) mass is 260 g/mol. The maximum atomic E-state index is 13.5. The minimum atomic E-state index is -1.58. The Kier molecular flexibility index (Phi) is 2.97. The summed E-state index contributed by atoms with van der Waals surface area (Å²) in [5, 5.41) is 0.896. The fourth-order valence-corrected chi connectivity index (χ4v) is 5.11. The first-order valence-corrected chi connectivity index (χ1v) is 8.58. The van der Waals surface area contributed by atoms with Gasteiger partial charge < -0.3 is 0 Å². The van der Waals surface area contributed by atoms with Gasteiger partial charge >= 0.3 is 0 Å². The third-order valence-electron chi connectivity index (χ3n) is 2.03. The van der Waals surface area contributed by atoms with Gasteiger partial charge in [0, 0.05) is 4.47 Å². The molecule has 0 nitrogen and oxygen atoms in total. The number of hydrogen-bond donors (Lipinski definition) is 0. The summed E-state index contributed by atoms with van der Waals surface area (Å²) in [6.45, 7) is 8.44. The number of aryl methyl sites for hydroxylation is 1. The quantitative estimate of drug-likeness (QED) is 0.679. The van der Waals surface area contributed by atoms with E-state index in [-0.39, 0.29) is 5.82 Å². The third-order valence-corrected chi connectivity index (χ3v) is 5.41. The van der Waals surface area contributed by atoms with E-state index in [1.165, 1.54) is 0 Å². The van der Waals surface area contributed by atoms with Crippen LogP contribution in [-0.2, 0) is 0 Å². The van der Waals surface area contributed by atoms with Gasteiger partial charge in [-0.05, 0) is 23.7 Å². The Morgan fingerprint density at radius 2 is 1.77 bits per heavy atom. The second-order valence-electron chi connectivity index (χ2n) is 4.30. The number of benzene rings is 1. The lowest BCUT2D eigenvalue weighted by Crippen LogP contribution is -2.41. The van der Waals surface area contributed by atoms with Gasteiger partial charge in [-0.25, -0.2) is 4.39 Å². The van der Waals surface area contributed by atoms with Gasteiger partial charge in [0.05, 0.1) is 8.07 Å². The van der Waals surface area contributed by atoms with Crippen LogP contribution in [-0.4, -0.2) is 8.07 Å². The summed E-state index contributed by atoms with van der Waals surface area (Å²) in [5.74, 6) is -0.0726. The normalized spacial score (nSPS) is 11.8. The van der Waals surface area contributed by atoms with Crippen LogP contribution in [0.4, 0.5) is 4.39 Å². The van der Waals surface area contributed by atoms with Crippen LogP contribution in [0.5, 0.6) is 0 Å². The maximum Gasteiger partial charge on any atom is 0.123 e. The summed E-state index contributed by atoms with van der Waals surface area (Å²) in [6.07, 6.45) is 0. The van der Waals surface area contributed by atoms with Gasteiger partial charge in [0.15, 0.2) is 0 Å². The first-order chi connectivity index (χ1) is 5.84. The van der Waals surface area contributed by atoms with Crippen molar-refractivity contribution < 1.29 is 4.39 Å². The topological polar surface area (TPSA) is 0 Å². The van der Waals surface area contributed by atoms with Gasteiger partial charge in [0.2, 0.25) is 0 Å². The summed E-state index contributed by atoms with van der Waals surface area (Å²) < 4.78 is 14.5. The average molecular weight is 261 g/mol. The molecule has 1 aromatic carbocycles. The highest BCUT2D eigenvalue weighted by atomic mass is 79.9. The van der Waals surface area contributed by atoms with Gasteiger partial charge in [0.1, 0.15) is 5.82 Å². The molecule has 0 amide bonds. The molecule has 0 saturated heterocycles. The summed E-state index contributed by atoms with van der Waals surface area (Å²) in [7, 11) is -1.58. The summed E-state index contributed by atoms with van der Waals surface area (Å²) >= 11 is 3.46. The predicted molar refractivity (Wildman–Crippen MR) is 61.8 cm³/mol. The predicted octanol–water partition coefficient (Wildman–Crippen LogP) is 3.44. The smallest absolute Gasteiger partial charge is 0.123 e. The molecule has 0 heterocycles. The van der Waals surface area contributed by atoms with Gasteiger partial charge in [-0.15, -0.1) is 0 Å². The molecule has 0 aromatic heterocycles. The van der Waals surface area contributed by atoms with Crippen molar-refractivity contribution in [3.63, 3.8) is 0 Å². The molecule has 0 bridgehead atoms. The van der Waals surface area contributed by atoms with Crippen LogP contribution in [0.15, 0.2) is 16.6 Å². The molecular formula is C10H14BrFSi. The van der Waals surface area contributed by atoms with Crippen molar-refractivity contribution in [1.82, 2.24) is 0 Å². The zero-order valence-corrected chi connectivity index (χ0v) is 11.0. The Morgan fingerprint density at radius 3 is 2.15 bits per heavy atom. The van der Waals surface area contributed by atoms with E-state index in [1.807, 2.05) is 13.0 Å². The lowest BCUT2D eigenvalue weighted by Gasteiger charge is -2.20. The maximum absolute atomic E-state index is 13.5. The fraction of sp³-hybridized carbons (Fsp3) is 0.400. The van der Waals surface area contributed by atoms with E-state index in [1.54, 1.807) is 6.07 Å². The molecule has 0 fully saturated rings. The van der Waals surface area contributed by atoms with E-state index in [4.69, 9.17) is 0 Å². The van der Waals surface area contributed by atoms with Crippen molar-refractivity contribution in [1.29, 1.82) is 0 Å². The summed E-state index contributed by atoms with van der Waals surface area (Å²) in [6, 6.07) is 3.37. The molecule has 0 aliphatic heterocycles. The van der Waals surface area contributed by atoms with Crippen LogP contribution in [0.2, 0.25) is 19.6 Å². The standard InChI is InChI=1S/C10H14BrFSi/c1-7-5-6-8(12)10(9(7)11)13(2,3)4/h5-6H,1-4H3. The van der Waals surface area contributed by atoms with Crippen LogP contribution >= 0.6 is 15.9 Å². The summed E-state index contributed by atoms with van der Waals surface area (Å²) in [5.41, 5.74) is 1.11. The molecule has 0 atom stereocenters. The Morgan fingerprint density at radius 1 is 1.23 bits per heavy atom. The van der Waals surface area contributed by atoms with Crippen LogP contribution in [0.3, 0.4) is 0 Å². The number of hydrogen-bond acceptors (Lipinski definition) is 0. The van der Waals surface area contributed by atoms with E-state index >= 15 is 0 Å². The van der Waals surface area contributed by atoms with E-state index < -0.39 is 8.07 Å². The van der Waals surface area contributed by atoms with E-state index in [2.05, 4.69) is 35.6 Å². The number of halogens is 2. The molecule has 0 radical (unpaired) electrons. The highest BCUT2D eigenvalue weighted by Gasteiger charge is 2.24.